The van der Waals surface area contributed by atoms with Crippen LogP contribution in [0, 0.1) is 0 Å². The number of aliphatic hydroxyl groups excluding tert-OH is 1. The second-order valence-electron chi connectivity index (χ2n) is 6.48. The third-order valence-corrected chi connectivity index (χ3v) is 4.58. The van der Waals surface area contributed by atoms with Crippen molar-refractivity contribution in [1.82, 2.24) is 10.4 Å². The number of carbonyl (C=O) groups is 1. The van der Waals surface area contributed by atoms with Crippen LogP contribution in [0.2, 0.25) is 0 Å². The van der Waals surface area contributed by atoms with Crippen molar-refractivity contribution in [3.05, 3.63) is 108 Å². The molecule has 0 bridgehead atoms. The Hall–Kier alpha value is -3.57. The van der Waals surface area contributed by atoms with Gasteiger partial charge in [-0.3, -0.25) is 9.63 Å². The molecule has 1 aliphatic heterocycles. The Bertz CT molecular complexity index is 970. The van der Waals surface area contributed by atoms with Crippen LogP contribution in [0.4, 0.5) is 0 Å². The van der Waals surface area contributed by atoms with Crippen molar-refractivity contribution >= 4 is 5.91 Å². The van der Waals surface area contributed by atoms with Crippen LogP contribution in [0.1, 0.15) is 17.3 Å². The largest absolute Gasteiger partial charge is 0.502 e. The second kappa shape index (κ2) is 7.98. The zero-order valence-corrected chi connectivity index (χ0v) is 15.2. The molecular weight excluding hydrogens is 352 g/mol. The maximum absolute atomic E-state index is 12.5. The lowest BCUT2D eigenvalue weighted by molar-refractivity contribution is -0.211. The van der Waals surface area contributed by atoms with E-state index in [0.717, 1.165) is 22.3 Å². The number of aliphatic hydroxyl groups is 1. The van der Waals surface area contributed by atoms with E-state index >= 15 is 0 Å². The molecule has 1 aliphatic rings. The molecular formula is C23H20N2O3. The van der Waals surface area contributed by atoms with E-state index in [-0.39, 0.29) is 12.4 Å². The number of carbonyl (C=O) groups excluding carboxylic acids is 1. The number of hydrogen-bond donors (Lipinski definition) is 2. The summed E-state index contributed by atoms with van der Waals surface area (Å²) >= 11 is 0. The maximum Gasteiger partial charge on any atom is 0.316 e. The molecule has 1 heterocycles. The molecule has 5 heteroatoms. The standard InChI is InChI=1S/C23H20N2O3/c26-21-15-24-22(25(23(21)27)28-16-17-7-3-1-4-8-17)20-13-11-19(12-14-20)18-9-5-2-6-10-18/h1-15,22,24,26H,16H2. The van der Waals surface area contributed by atoms with E-state index in [2.05, 4.69) is 5.32 Å². The quantitative estimate of drug-likeness (QED) is 0.700. The summed E-state index contributed by atoms with van der Waals surface area (Å²) in [5.74, 6) is -0.961. The SMILES string of the molecule is O=C1C(O)=CNC(c2ccc(-c3ccccc3)cc2)N1OCc1ccccc1. The fraction of sp³-hybridized carbons (Fsp3) is 0.0870. The normalized spacial score (nSPS) is 16.4. The second-order valence-corrected chi connectivity index (χ2v) is 6.48. The number of hydroxylamine groups is 2. The van der Waals surface area contributed by atoms with Crippen LogP contribution < -0.4 is 5.32 Å². The average Bonchev–Trinajstić information content (AvgIpc) is 2.76. The van der Waals surface area contributed by atoms with Gasteiger partial charge in [0.1, 0.15) is 6.61 Å². The molecule has 0 aromatic heterocycles. The van der Waals surface area contributed by atoms with E-state index in [4.69, 9.17) is 4.84 Å². The van der Waals surface area contributed by atoms with Gasteiger partial charge in [-0.15, -0.1) is 0 Å². The first-order chi connectivity index (χ1) is 13.7. The van der Waals surface area contributed by atoms with E-state index in [1.54, 1.807) is 0 Å². The fourth-order valence-electron chi connectivity index (χ4n) is 3.09. The highest BCUT2D eigenvalue weighted by Crippen LogP contribution is 2.27. The Morgan fingerprint density at radius 1 is 0.857 bits per heavy atom. The fourth-order valence-corrected chi connectivity index (χ4v) is 3.09. The smallest absolute Gasteiger partial charge is 0.316 e. The van der Waals surface area contributed by atoms with Gasteiger partial charge in [-0.05, 0) is 22.3 Å². The highest BCUT2D eigenvalue weighted by molar-refractivity contribution is 5.91. The van der Waals surface area contributed by atoms with Crippen molar-refractivity contribution < 1.29 is 14.7 Å². The van der Waals surface area contributed by atoms with Crippen LogP contribution in [0.3, 0.4) is 0 Å². The lowest BCUT2D eigenvalue weighted by Gasteiger charge is -2.33. The molecule has 0 radical (unpaired) electrons. The van der Waals surface area contributed by atoms with Crippen molar-refractivity contribution in [1.29, 1.82) is 0 Å². The summed E-state index contributed by atoms with van der Waals surface area (Å²) in [6.45, 7) is 0.222. The summed E-state index contributed by atoms with van der Waals surface area (Å²) in [6.07, 6.45) is 0.775. The van der Waals surface area contributed by atoms with Crippen molar-refractivity contribution in [3.8, 4) is 11.1 Å². The molecule has 2 N–H and O–H groups in total. The molecule has 3 aromatic rings. The van der Waals surface area contributed by atoms with Crippen LogP contribution in [0.5, 0.6) is 0 Å². The summed E-state index contributed by atoms with van der Waals surface area (Å²) in [6, 6.07) is 27.6. The highest BCUT2D eigenvalue weighted by Gasteiger charge is 2.32. The van der Waals surface area contributed by atoms with Gasteiger partial charge in [0.2, 0.25) is 0 Å². The van der Waals surface area contributed by atoms with E-state index in [9.17, 15) is 9.90 Å². The van der Waals surface area contributed by atoms with Gasteiger partial charge in [-0.25, -0.2) is 0 Å². The predicted molar refractivity (Wildman–Crippen MR) is 107 cm³/mol. The number of hydrogen-bond acceptors (Lipinski definition) is 4. The van der Waals surface area contributed by atoms with Gasteiger partial charge < -0.3 is 10.4 Å². The predicted octanol–water partition coefficient (Wildman–Crippen LogP) is 4.32. The first-order valence-electron chi connectivity index (χ1n) is 9.03. The van der Waals surface area contributed by atoms with Crippen molar-refractivity contribution in [2.24, 2.45) is 0 Å². The molecule has 0 saturated carbocycles. The van der Waals surface area contributed by atoms with Crippen LogP contribution in [-0.4, -0.2) is 16.1 Å². The topological polar surface area (TPSA) is 61.8 Å². The number of benzene rings is 3. The number of rotatable bonds is 5. The third kappa shape index (κ3) is 3.75. The maximum atomic E-state index is 12.5. The van der Waals surface area contributed by atoms with Crippen LogP contribution in [-0.2, 0) is 16.2 Å². The van der Waals surface area contributed by atoms with Crippen molar-refractivity contribution in [2.75, 3.05) is 0 Å². The van der Waals surface area contributed by atoms with Crippen LogP contribution in [0.25, 0.3) is 11.1 Å². The zero-order valence-electron chi connectivity index (χ0n) is 15.2. The van der Waals surface area contributed by atoms with Crippen LogP contribution in [0.15, 0.2) is 96.9 Å². The molecule has 28 heavy (non-hydrogen) atoms. The van der Waals surface area contributed by atoms with Crippen molar-refractivity contribution in [3.63, 3.8) is 0 Å². The molecule has 5 nitrogen and oxygen atoms in total. The Morgan fingerprint density at radius 3 is 2.14 bits per heavy atom. The Kier molecular flexibility index (Phi) is 5.08. The molecule has 1 unspecified atom stereocenters. The highest BCUT2D eigenvalue weighted by atomic mass is 16.7. The van der Waals surface area contributed by atoms with E-state index in [1.807, 2.05) is 84.9 Å². The Balaban J connectivity index is 1.56. The summed E-state index contributed by atoms with van der Waals surface area (Å²) in [4.78, 5) is 18.2. The lowest BCUT2D eigenvalue weighted by atomic mass is 10.0. The van der Waals surface area contributed by atoms with Gasteiger partial charge in [0.25, 0.3) is 0 Å². The average molecular weight is 372 g/mol. The number of nitrogens with zero attached hydrogens (tertiary/aromatic N) is 1. The Labute approximate surface area is 163 Å². The van der Waals surface area contributed by atoms with Gasteiger partial charge in [0.15, 0.2) is 11.9 Å². The van der Waals surface area contributed by atoms with Gasteiger partial charge in [-0.1, -0.05) is 84.9 Å². The minimum absolute atomic E-state index is 0.222. The van der Waals surface area contributed by atoms with Gasteiger partial charge >= 0.3 is 5.91 Å². The van der Waals surface area contributed by atoms with E-state index in [0.29, 0.717) is 0 Å². The molecule has 0 fully saturated rings. The molecule has 1 amide bonds. The zero-order chi connectivity index (χ0) is 19.3. The monoisotopic (exact) mass is 372 g/mol. The summed E-state index contributed by atoms with van der Waals surface area (Å²) in [7, 11) is 0. The van der Waals surface area contributed by atoms with Gasteiger partial charge in [-0.2, -0.15) is 5.06 Å². The van der Waals surface area contributed by atoms with Gasteiger partial charge in [0.05, 0.1) is 0 Å². The number of amides is 1. The van der Waals surface area contributed by atoms with Crippen LogP contribution >= 0.6 is 0 Å². The first-order valence-corrected chi connectivity index (χ1v) is 9.03. The molecule has 0 aliphatic carbocycles. The van der Waals surface area contributed by atoms with Gasteiger partial charge in [0, 0.05) is 6.20 Å². The third-order valence-electron chi connectivity index (χ3n) is 4.58. The summed E-state index contributed by atoms with van der Waals surface area (Å²) < 4.78 is 0. The van der Waals surface area contributed by atoms with E-state index < -0.39 is 12.1 Å². The van der Waals surface area contributed by atoms with Crippen molar-refractivity contribution in [2.45, 2.75) is 12.8 Å². The summed E-state index contributed by atoms with van der Waals surface area (Å²) in [5, 5.41) is 14.0. The first kappa shape index (κ1) is 17.8. The molecule has 3 aromatic carbocycles. The minimum Gasteiger partial charge on any atom is -0.502 e. The minimum atomic E-state index is -0.577. The molecule has 0 spiro atoms. The Morgan fingerprint density at radius 2 is 1.46 bits per heavy atom. The van der Waals surface area contributed by atoms with E-state index in [1.165, 1.54) is 11.3 Å². The molecule has 1 atom stereocenters. The lowest BCUT2D eigenvalue weighted by Crippen LogP contribution is -2.45. The molecule has 4 rings (SSSR count). The number of nitrogens with one attached hydrogen (secondary N) is 1. The molecule has 140 valence electrons. The summed E-state index contributed by atoms with van der Waals surface area (Å²) in [5.41, 5.74) is 3.99. The molecule has 0 saturated heterocycles.